The molecule has 2 aromatic carbocycles. The molecular formula is C17H22ClNO. The summed E-state index contributed by atoms with van der Waals surface area (Å²) in [4.78, 5) is 0. The summed E-state index contributed by atoms with van der Waals surface area (Å²) in [7, 11) is 0. The van der Waals surface area contributed by atoms with Gasteiger partial charge >= 0.3 is 0 Å². The molecule has 2 rings (SSSR count). The van der Waals surface area contributed by atoms with Gasteiger partial charge in [-0.3, -0.25) is 0 Å². The second-order valence-corrected chi connectivity index (χ2v) is 4.95. The number of hydrogen-bond acceptors (Lipinski definition) is 2. The third kappa shape index (κ3) is 5.74. The zero-order valence-corrected chi connectivity index (χ0v) is 12.6. The topological polar surface area (TPSA) is 35.2 Å². The van der Waals surface area contributed by atoms with E-state index in [1.165, 1.54) is 16.7 Å². The lowest BCUT2D eigenvalue weighted by molar-refractivity contribution is 0.108. The number of ether oxygens (including phenoxy) is 1. The summed E-state index contributed by atoms with van der Waals surface area (Å²) < 4.78 is 5.65. The lowest BCUT2D eigenvalue weighted by Crippen LogP contribution is -2.28. The molecule has 3 heteroatoms. The quantitative estimate of drug-likeness (QED) is 0.884. The highest BCUT2D eigenvalue weighted by atomic mass is 35.5. The Bertz CT molecular complexity index is 484. The molecule has 2 nitrogen and oxygen atoms in total. The predicted molar refractivity (Wildman–Crippen MR) is 86.2 cm³/mol. The van der Waals surface area contributed by atoms with Crippen molar-refractivity contribution in [2.75, 3.05) is 6.61 Å². The van der Waals surface area contributed by atoms with Gasteiger partial charge in [0.15, 0.2) is 0 Å². The highest BCUT2D eigenvalue weighted by molar-refractivity contribution is 5.85. The van der Waals surface area contributed by atoms with Crippen LogP contribution in [0.25, 0.3) is 0 Å². The molecular weight excluding hydrogens is 270 g/mol. The van der Waals surface area contributed by atoms with Crippen molar-refractivity contribution < 1.29 is 4.74 Å². The van der Waals surface area contributed by atoms with E-state index >= 15 is 0 Å². The third-order valence-corrected chi connectivity index (χ3v) is 3.06. The highest BCUT2D eigenvalue weighted by Gasteiger charge is 2.04. The predicted octanol–water partition coefficient (Wildman–Crippen LogP) is 3.50. The first-order chi connectivity index (χ1) is 9.24. The minimum Gasteiger partial charge on any atom is -0.375 e. The lowest BCUT2D eigenvalue weighted by Gasteiger charge is -2.12. The first-order valence-electron chi connectivity index (χ1n) is 6.67. The van der Waals surface area contributed by atoms with Crippen LogP contribution in [0, 0.1) is 6.92 Å². The van der Waals surface area contributed by atoms with Crippen molar-refractivity contribution in [3.05, 3.63) is 71.3 Å². The monoisotopic (exact) mass is 291 g/mol. The van der Waals surface area contributed by atoms with Crippen molar-refractivity contribution in [3.63, 3.8) is 0 Å². The molecule has 0 bridgehead atoms. The fourth-order valence-corrected chi connectivity index (χ4v) is 1.99. The molecule has 0 heterocycles. The van der Waals surface area contributed by atoms with Crippen LogP contribution in [0.5, 0.6) is 0 Å². The van der Waals surface area contributed by atoms with Gasteiger partial charge in [0.25, 0.3) is 0 Å². The van der Waals surface area contributed by atoms with Crippen molar-refractivity contribution in [2.45, 2.75) is 26.0 Å². The van der Waals surface area contributed by atoms with Crippen LogP contribution in [0.4, 0.5) is 0 Å². The molecule has 2 N–H and O–H groups in total. The van der Waals surface area contributed by atoms with Gasteiger partial charge in [-0.1, -0.05) is 60.2 Å². The zero-order chi connectivity index (χ0) is 13.5. The van der Waals surface area contributed by atoms with Gasteiger partial charge in [-0.05, 0) is 24.5 Å². The van der Waals surface area contributed by atoms with E-state index in [2.05, 4.69) is 43.3 Å². The van der Waals surface area contributed by atoms with Crippen molar-refractivity contribution in [1.29, 1.82) is 0 Å². The molecule has 0 fully saturated rings. The number of halogens is 1. The summed E-state index contributed by atoms with van der Waals surface area (Å²) in [6, 6.07) is 18.7. The van der Waals surface area contributed by atoms with Crippen LogP contribution in [0.15, 0.2) is 54.6 Å². The Morgan fingerprint density at radius 2 is 1.60 bits per heavy atom. The van der Waals surface area contributed by atoms with Crippen molar-refractivity contribution in [3.8, 4) is 0 Å². The third-order valence-electron chi connectivity index (χ3n) is 3.06. The van der Waals surface area contributed by atoms with E-state index in [1.807, 2.05) is 18.2 Å². The second kappa shape index (κ2) is 8.75. The first kappa shape index (κ1) is 16.7. The molecule has 0 aromatic heterocycles. The van der Waals surface area contributed by atoms with Crippen LogP contribution >= 0.6 is 12.4 Å². The summed E-state index contributed by atoms with van der Waals surface area (Å²) in [5.74, 6) is 0. The average Bonchev–Trinajstić information content (AvgIpc) is 2.43. The number of rotatable bonds is 6. The maximum atomic E-state index is 6.08. The minimum absolute atomic E-state index is 0. The largest absolute Gasteiger partial charge is 0.375 e. The number of hydrogen-bond donors (Lipinski definition) is 1. The lowest BCUT2D eigenvalue weighted by atomic mass is 10.1. The van der Waals surface area contributed by atoms with Gasteiger partial charge < -0.3 is 10.5 Å². The van der Waals surface area contributed by atoms with Gasteiger partial charge in [0.1, 0.15) is 0 Å². The highest BCUT2D eigenvalue weighted by Crippen LogP contribution is 2.06. The van der Waals surface area contributed by atoms with E-state index in [0.717, 1.165) is 6.42 Å². The van der Waals surface area contributed by atoms with Crippen LogP contribution in [0.1, 0.15) is 16.7 Å². The normalized spacial score (nSPS) is 11.7. The molecule has 1 atom stereocenters. The molecule has 0 saturated carbocycles. The van der Waals surface area contributed by atoms with Gasteiger partial charge in [-0.2, -0.15) is 0 Å². The number of benzene rings is 2. The Labute approximate surface area is 127 Å². The van der Waals surface area contributed by atoms with Gasteiger partial charge in [-0.15, -0.1) is 12.4 Å². The molecule has 108 valence electrons. The molecule has 0 amide bonds. The Morgan fingerprint density at radius 3 is 2.25 bits per heavy atom. The maximum absolute atomic E-state index is 6.08. The Hall–Kier alpha value is -1.35. The second-order valence-electron chi connectivity index (χ2n) is 4.95. The maximum Gasteiger partial charge on any atom is 0.0717 e. The first-order valence-corrected chi connectivity index (χ1v) is 6.67. The molecule has 20 heavy (non-hydrogen) atoms. The standard InChI is InChI=1S/C17H21NO.ClH/c1-14-7-9-15(10-8-14)11-17(18)13-19-12-16-5-3-2-4-6-16;/h2-10,17H,11-13,18H2,1H3;1H/t17-;/m1./s1. The minimum atomic E-state index is 0. The van der Waals surface area contributed by atoms with Gasteiger partial charge in [-0.25, -0.2) is 0 Å². The van der Waals surface area contributed by atoms with Gasteiger partial charge in [0.2, 0.25) is 0 Å². The van der Waals surface area contributed by atoms with E-state index < -0.39 is 0 Å². The molecule has 0 aliphatic carbocycles. The van der Waals surface area contributed by atoms with Crippen molar-refractivity contribution in [1.82, 2.24) is 0 Å². The Balaban J connectivity index is 0.00000200. The smallest absolute Gasteiger partial charge is 0.0717 e. The molecule has 0 radical (unpaired) electrons. The summed E-state index contributed by atoms with van der Waals surface area (Å²) in [5, 5.41) is 0. The fourth-order valence-electron chi connectivity index (χ4n) is 1.99. The van der Waals surface area contributed by atoms with E-state index in [9.17, 15) is 0 Å². The van der Waals surface area contributed by atoms with Crippen LogP contribution < -0.4 is 5.73 Å². The number of nitrogens with two attached hydrogens (primary N) is 1. The summed E-state index contributed by atoms with van der Waals surface area (Å²) in [5.41, 5.74) is 9.81. The Morgan fingerprint density at radius 1 is 0.950 bits per heavy atom. The molecule has 0 spiro atoms. The molecule has 0 aliphatic heterocycles. The SMILES string of the molecule is Cc1ccc(C[C@@H](N)COCc2ccccc2)cc1.Cl. The Kier molecular flexibility index (Phi) is 7.31. The van der Waals surface area contributed by atoms with Crippen LogP contribution in [-0.4, -0.2) is 12.6 Å². The van der Waals surface area contributed by atoms with Crippen molar-refractivity contribution >= 4 is 12.4 Å². The van der Waals surface area contributed by atoms with Gasteiger partial charge in [0, 0.05) is 6.04 Å². The molecule has 0 aliphatic rings. The summed E-state index contributed by atoms with van der Waals surface area (Å²) >= 11 is 0. The molecule has 0 saturated heterocycles. The fraction of sp³-hybridized carbons (Fsp3) is 0.294. The van der Waals surface area contributed by atoms with Crippen LogP contribution in [-0.2, 0) is 17.8 Å². The van der Waals surface area contributed by atoms with Crippen LogP contribution in [0.3, 0.4) is 0 Å². The summed E-state index contributed by atoms with van der Waals surface area (Å²) in [6.45, 7) is 3.30. The zero-order valence-electron chi connectivity index (χ0n) is 11.8. The van der Waals surface area contributed by atoms with E-state index in [0.29, 0.717) is 13.2 Å². The van der Waals surface area contributed by atoms with E-state index in [4.69, 9.17) is 10.5 Å². The van der Waals surface area contributed by atoms with E-state index in [-0.39, 0.29) is 18.4 Å². The van der Waals surface area contributed by atoms with Crippen LogP contribution in [0.2, 0.25) is 0 Å². The molecule has 0 unspecified atom stereocenters. The number of aryl methyl sites for hydroxylation is 1. The summed E-state index contributed by atoms with van der Waals surface area (Å²) in [6.07, 6.45) is 0.856. The van der Waals surface area contributed by atoms with E-state index in [1.54, 1.807) is 0 Å². The average molecular weight is 292 g/mol. The van der Waals surface area contributed by atoms with Crippen molar-refractivity contribution in [2.24, 2.45) is 5.73 Å². The molecule has 2 aromatic rings. The van der Waals surface area contributed by atoms with Gasteiger partial charge in [0.05, 0.1) is 13.2 Å².